The molecule has 2 rings (SSSR count). The summed E-state index contributed by atoms with van der Waals surface area (Å²) in [6.07, 6.45) is 2.32. The second-order valence-corrected chi connectivity index (χ2v) is 4.70. The summed E-state index contributed by atoms with van der Waals surface area (Å²) in [6.45, 7) is 4.12. The van der Waals surface area contributed by atoms with E-state index in [2.05, 4.69) is 23.8 Å². The van der Waals surface area contributed by atoms with Crippen LogP contribution in [0.2, 0.25) is 0 Å². The van der Waals surface area contributed by atoms with Crippen LogP contribution in [0.15, 0.2) is 35.3 Å². The number of hydrogen-bond acceptors (Lipinski definition) is 3. The topological polar surface area (TPSA) is 66.0 Å². The first-order valence-corrected chi connectivity index (χ1v) is 5.94. The van der Waals surface area contributed by atoms with Gasteiger partial charge in [0.05, 0.1) is 5.69 Å². The fourth-order valence-corrected chi connectivity index (χ4v) is 1.91. The number of hydrogen-bond donors (Lipinski definition) is 2. The molecule has 4 heteroatoms. The molecule has 0 aliphatic carbocycles. The maximum absolute atomic E-state index is 12.0. The van der Waals surface area contributed by atoms with Crippen LogP contribution in [-0.2, 0) is 6.42 Å². The summed E-state index contributed by atoms with van der Waals surface area (Å²) in [7, 11) is 0. The van der Waals surface area contributed by atoms with Crippen molar-refractivity contribution >= 4 is 0 Å². The predicted octanol–water partition coefficient (Wildman–Crippen LogP) is 2.34. The van der Waals surface area contributed by atoms with Crippen LogP contribution in [0.5, 0.6) is 5.75 Å². The first kappa shape index (κ1) is 12.4. The zero-order valence-electron chi connectivity index (χ0n) is 10.5. The Bertz CT molecular complexity index is 588. The Labute approximate surface area is 105 Å². The minimum Gasteiger partial charge on any atom is -0.507 e. The smallest absolute Gasteiger partial charge is 0.261 e. The standard InChI is InChI=1S/C14H16N2O2/c1-9(2)7-10-8-12(17)13(14(18)16-10)11-5-3-4-6-15-11/h3-6,8-9H,7H2,1-2H3,(H2,16,17,18). The first-order valence-electron chi connectivity index (χ1n) is 5.94. The quantitative estimate of drug-likeness (QED) is 0.870. The van der Waals surface area contributed by atoms with E-state index in [9.17, 15) is 9.90 Å². The number of aromatic nitrogens is 2. The summed E-state index contributed by atoms with van der Waals surface area (Å²) in [5.74, 6) is 0.397. The van der Waals surface area contributed by atoms with Gasteiger partial charge in [0.2, 0.25) is 0 Å². The number of aromatic hydroxyl groups is 1. The van der Waals surface area contributed by atoms with Crippen molar-refractivity contribution < 1.29 is 5.11 Å². The summed E-state index contributed by atoms with van der Waals surface area (Å²) in [5.41, 5.74) is 1.15. The van der Waals surface area contributed by atoms with Crippen LogP contribution >= 0.6 is 0 Å². The van der Waals surface area contributed by atoms with Crippen LogP contribution in [0.3, 0.4) is 0 Å². The summed E-state index contributed by atoms with van der Waals surface area (Å²) >= 11 is 0. The van der Waals surface area contributed by atoms with Gasteiger partial charge in [-0.25, -0.2) is 0 Å². The Morgan fingerprint density at radius 2 is 2.17 bits per heavy atom. The zero-order valence-corrected chi connectivity index (χ0v) is 10.5. The molecule has 2 heterocycles. The van der Waals surface area contributed by atoms with Crippen molar-refractivity contribution in [1.29, 1.82) is 0 Å². The third-order valence-corrected chi connectivity index (χ3v) is 2.62. The van der Waals surface area contributed by atoms with E-state index in [0.29, 0.717) is 11.6 Å². The molecule has 0 radical (unpaired) electrons. The molecule has 0 saturated heterocycles. The molecule has 2 N–H and O–H groups in total. The third-order valence-electron chi connectivity index (χ3n) is 2.62. The average Bonchev–Trinajstić information content (AvgIpc) is 2.28. The molecule has 94 valence electrons. The molecule has 18 heavy (non-hydrogen) atoms. The monoisotopic (exact) mass is 244 g/mol. The van der Waals surface area contributed by atoms with Crippen molar-refractivity contribution in [3.63, 3.8) is 0 Å². The van der Waals surface area contributed by atoms with Crippen molar-refractivity contribution in [1.82, 2.24) is 9.97 Å². The SMILES string of the molecule is CC(C)Cc1cc(O)c(-c2ccccn2)c(=O)[nH]1. The Balaban J connectivity index is 2.49. The lowest BCUT2D eigenvalue weighted by Gasteiger charge is -2.08. The van der Waals surface area contributed by atoms with E-state index in [1.165, 1.54) is 0 Å². The second kappa shape index (κ2) is 5.04. The van der Waals surface area contributed by atoms with E-state index in [1.807, 2.05) is 0 Å². The molecular weight excluding hydrogens is 228 g/mol. The van der Waals surface area contributed by atoms with E-state index in [-0.39, 0.29) is 16.9 Å². The maximum atomic E-state index is 12.0. The van der Waals surface area contributed by atoms with Gasteiger partial charge in [-0.3, -0.25) is 9.78 Å². The molecule has 0 spiro atoms. The minimum absolute atomic E-state index is 0.0203. The Kier molecular flexibility index (Phi) is 3.46. The molecule has 0 saturated carbocycles. The third kappa shape index (κ3) is 2.59. The van der Waals surface area contributed by atoms with Gasteiger partial charge < -0.3 is 10.1 Å². The summed E-state index contributed by atoms with van der Waals surface area (Å²) in [4.78, 5) is 18.9. The largest absolute Gasteiger partial charge is 0.507 e. The molecule has 0 amide bonds. The van der Waals surface area contributed by atoms with Gasteiger partial charge in [-0.05, 0) is 24.5 Å². The van der Waals surface area contributed by atoms with Crippen molar-refractivity contribution in [2.45, 2.75) is 20.3 Å². The highest BCUT2D eigenvalue weighted by Gasteiger charge is 2.12. The van der Waals surface area contributed by atoms with Crippen LogP contribution in [0.25, 0.3) is 11.3 Å². The predicted molar refractivity (Wildman–Crippen MR) is 70.5 cm³/mol. The molecule has 0 atom stereocenters. The number of nitrogens with one attached hydrogen (secondary N) is 1. The van der Waals surface area contributed by atoms with Crippen LogP contribution in [-0.4, -0.2) is 15.1 Å². The highest BCUT2D eigenvalue weighted by molar-refractivity contribution is 5.65. The Morgan fingerprint density at radius 1 is 1.39 bits per heavy atom. The van der Waals surface area contributed by atoms with Gasteiger partial charge in [-0.1, -0.05) is 19.9 Å². The van der Waals surface area contributed by atoms with Crippen LogP contribution in [0.4, 0.5) is 0 Å². The molecule has 0 fully saturated rings. The van der Waals surface area contributed by atoms with Gasteiger partial charge in [-0.2, -0.15) is 0 Å². The maximum Gasteiger partial charge on any atom is 0.261 e. The lowest BCUT2D eigenvalue weighted by Crippen LogP contribution is -2.13. The van der Waals surface area contributed by atoms with Gasteiger partial charge in [-0.15, -0.1) is 0 Å². The number of rotatable bonds is 3. The number of pyridine rings is 2. The highest BCUT2D eigenvalue weighted by atomic mass is 16.3. The molecule has 0 aromatic carbocycles. The Hall–Kier alpha value is -2.10. The van der Waals surface area contributed by atoms with E-state index >= 15 is 0 Å². The Morgan fingerprint density at radius 3 is 2.72 bits per heavy atom. The van der Waals surface area contributed by atoms with Crippen LogP contribution < -0.4 is 5.56 Å². The van der Waals surface area contributed by atoms with E-state index in [1.54, 1.807) is 30.5 Å². The van der Waals surface area contributed by atoms with Gasteiger partial charge in [0.1, 0.15) is 11.3 Å². The highest BCUT2D eigenvalue weighted by Crippen LogP contribution is 2.24. The van der Waals surface area contributed by atoms with Crippen LogP contribution in [0, 0.1) is 5.92 Å². The fraction of sp³-hybridized carbons (Fsp3) is 0.286. The van der Waals surface area contributed by atoms with Crippen molar-refractivity contribution in [2.75, 3.05) is 0 Å². The van der Waals surface area contributed by atoms with Crippen molar-refractivity contribution in [3.05, 3.63) is 46.5 Å². The molecule has 2 aromatic rings. The molecule has 0 unspecified atom stereocenters. The molecular formula is C14H16N2O2. The molecule has 0 bridgehead atoms. The minimum atomic E-state index is -0.302. The first-order chi connectivity index (χ1) is 8.58. The molecule has 2 aromatic heterocycles. The van der Waals surface area contributed by atoms with E-state index < -0.39 is 0 Å². The van der Waals surface area contributed by atoms with Crippen LogP contribution in [0.1, 0.15) is 19.5 Å². The van der Waals surface area contributed by atoms with E-state index in [0.717, 1.165) is 12.1 Å². The van der Waals surface area contributed by atoms with Gasteiger partial charge in [0.25, 0.3) is 5.56 Å². The normalized spacial score (nSPS) is 10.8. The van der Waals surface area contributed by atoms with Crippen molar-refractivity contribution in [3.8, 4) is 17.0 Å². The summed E-state index contributed by atoms with van der Waals surface area (Å²) in [5, 5.41) is 9.98. The van der Waals surface area contributed by atoms with E-state index in [4.69, 9.17) is 0 Å². The number of H-pyrrole nitrogens is 1. The van der Waals surface area contributed by atoms with Gasteiger partial charge >= 0.3 is 0 Å². The molecule has 4 nitrogen and oxygen atoms in total. The van der Waals surface area contributed by atoms with Gasteiger partial charge in [0.15, 0.2) is 0 Å². The zero-order chi connectivity index (χ0) is 13.1. The second-order valence-electron chi connectivity index (χ2n) is 4.70. The summed E-state index contributed by atoms with van der Waals surface area (Å²) < 4.78 is 0. The van der Waals surface area contributed by atoms with Gasteiger partial charge in [0, 0.05) is 18.0 Å². The number of nitrogens with zero attached hydrogens (tertiary/aromatic N) is 1. The molecule has 0 aliphatic heterocycles. The fourth-order valence-electron chi connectivity index (χ4n) is 1.91. The average molecular weight is 244 g/mol. The lowest BCUT2D eigenvalue weighted by molar-refractivity contribution is 0.473. The number of aromatic amines is 1. The lowest BCUT2D eigenvalue weighted by atomic mass is 10.1. The van der Waals surface area contributed by atoms with Crippen molar-refractivity contribution in [2.24, 2.45) is 5.92 Å². The molecule has 0 aliphatic rings. The summed E-state index contributed by atoms with van der Waals surface area (Å²) in [6, 6.07) is 6.85.